The summed E-state index contributed by atoms with van der Waals surface area (Å²) in [4.78, 5) is 14.3. The molecule has 1 amide bonds. The summed E-state index contributed by atoms with van der Waals surface area (Å²) in [5.41, 5.74) is 1.52. The Kier molecular flexibility index (Phi) is 3.31. The van der Waals surface area contributed by atoms with Crippen molar-refractivity contribution >= 4 is 11.6 Å². The van der Waals surface area contributed by atoms with E-state index >= 15 is 0 Å². The quantitative estimate of drug-likeness (QED) is 0.887. The van der Waals surface area contributed by atoms with Gasteiger partial charge >= 0.3 is 0 Å². The monoisotopic (exact) mass is 259 g/mol. The first-order chi connectivity index (χ1) is 9.18. The molecular formula is C16H21NO2. The first-order valence-electron chi connectivity index (χ1n) is 7.29. The van der Waals surface area contributed by atoms with E-state index < -0.39 is 5.60 Å². The predicted octanol–water partition coefficient (Wildman–Crippen LogP) is 2.66. The molecule has 2 aliphatic rings. The van der Waals surface area contributed by atoms with Crippen LogP contribution in [0.4, 0.5) is 5.69 Å². The molecule has 102 valence electrons. The number of aliphatic hydroxyl groups is 1. The highest BCUT2D eigenvalue weighted by Gasteiger charge is 2.35. The lowest BCUT2D eigenvalue weighted by molar-refractivity contribution is -0.124. The number of para-hydroxylation sites is 1. The second-order valence-electron chi connectivity index (χ2n) is 5.89. The van der Waals surface area contributed by atoms with Crippen molar-refractivity contribution in [3.8, 4) is 0 Å². The van der Waals surface area contributed by atoms with Crippen LogP contribution in [0.1, 0.15) is 44.1 Å². The highest BCUT2D eigenvalue weighted by molar-refractivity contribution is 5.96. The van der Waals surface area contributed by atoms with E-state index in [-0.39, 0.29) is 12.3 Å². The highest BCUT2D eigenvalue weighted by Crippen LogP contribution is 2.34. The lowest BCUT2D eigenvalue weighted by atomic mass is 9.82. The Morgan fingerprint density at radius 2 is 1.95 bits per heavy atom. The number of hydrogen-bond donors (Lipinski definition) is 1. The van der Waals surface area contributed by atoms with E-state index in [4.69, 9.17) is 0 Å². The molecular weight excluding hydrogens is 238 g/mol. The molecule has 19 heavy (non-hydrogen) atoms. The molecule has 3 rings (SSSR count). The molecule has 1 aromatic rings. The standard InChI is InChI=1S/C16H21NO2/c18-15(12-16(19)9-4-1-5-10-16)17-11-8-13-6-2-3-7-14(13)17/h2-3,6-7,19H,1,4-5,8-12H2. The molecule has 0 unspecified atom stereocenters. The van der Waals surface area contributed by atoms with E-state index in [2.05, 4.69) is 6.07 Å². The second kappa shape index (κ2) is 4.97. The van der Waals surface area contributed by atoms with Crippen LogP contribution in [-0.4, -0.2) is 23.2 Å². The number of hydrogen-bond acceptors (Lipinski definition) is 2. The minimum Gasteiger partial charge on any atom is -0.389 e. The van der Waals surface area contributed by atoms with Crippen molar-refractivity contribution in [2.24, 2.45) is 0 Å². The van der Waals surface area contributed by atoms with E-state index in [0.29, 0.717) is 0 Å². The summed E-state index contributed by atoms with van der Waals surface area (Å²) in [6.45, 7) is 0.758. The lowest BCUT2D eigenvalue weighted by Gasteiger charge is -2.33. The molecule has 0 atom stereocenters. The maximum Gasteiger partial charge on any atom is 0.229 e. The predicted molar refractivity (Wildman–Crippen MR) is 75.2 cm³/mol. The number of anilines is 1. The topological polar surface area (TPSA) is 40.5 Å². The van der Waals surface area contributed by atoms with E-state index in [1.54, 1.807) is 0 Å². The molecule has 3 heteroatoms. The number of carbonyl (C=O) groups is 1. The average molecular weight is 259 g/mol. The Balaban J connectivity index is 1.72. The van der Waals surface area contributed by atoms with Crippen LogP contribution in [0.3, 0.4) is 0 Å². The van der Waals surface area contributed by atoms with Crippen LogP contribution < -0.4 is 4.90 Å². The molecule has 1 fully saturated rings. The van der Waals surface area contributed by atoms with Crippen molar-refractivity contribution < 1.29 is 9.90 Å². The Bertz CT molecular complexity index is 477. The van der Waals surface area contributed by atoms with Crippen LogP contribution in [0.15, 0.2) is 24.3 Å². The van der Waals surface area contributed by atoms with Gasteiger partial charge in [-0.3, -0.25) is 4.79 Å². The van der Waals surface area contributed by atoms with E-state index in [1.807, 2.05) is 23.1 Å². The number of benzene rings is 1. The minimum atomic E-state index is -0.757. The van der Waals surface area contributed by atoms with Crippen molar-refractivity contribution in [2.75, 3.05) is 11.4 Å². The zero-order valence-corrected chi connectivity index (χ0v) is 11.3. The Morgan fingerprint density at radius 3 is 2.74 bits per heavy atom. The molecule has 0 aromatic heterocycles. The molecule has 1 aliphatic carbocycles. The fraction of sp³-hybridized carbons (Fsp3) is 0.562. The van der Waals surface area contributed by atoms with Gasteiger partial charge in [-0.05, 0) is 30.9 Å². The van der Waals surface area contributed by atoms with Gasteiger partial charge in [0.15, 0.2) is 0 Å². The molecule has 1 aromatic carbocycles. The van der Waals surface area contributed by atoms with Crippen LogP contribution in [0.5, 0.6) is 0 Å². The summed E-state index contributed by atoms with van der Waals surface area (Å²) in [6, 6.07) is 8.07. The zero-order valence-electron chi connectivity index (χ0n) is 11.3. The summed E-state index contributed by atoms with van der Waals surface area (Å²) in [6.07, 6.45) is 6.02. The van der Waals surface area contributed by atoms with Crippen molar-refractivity contribution in [3.63, 3.8) is 0 Å². The maximum atomic E-state index is 12.4. The molecule has 1 heterocycles. The third-order valence-corrected chi connectivity index (χ3v) is 4.45. The summed E-state index contributed by atoms with van der Waals surface area (Å²) in [5, 5.41) is 10.5. The molecule has 3 nitrogen and oxygen atoms in total. The van der Waals surface area contributed by atoms with Gasteiger partial charge in [0.25, 0.3) is 0 Å². The van der Waals surface area contributed by atoms with E-state index in [9.17, 15) is 9.90 Å². The van der Waals surface area contributed by atoms with Crippen LogP contribution >= 0.6 is 0 Å². The van der Waals surface area contributed by atoms with Gasteiger partial charge in [0.2, 0.25) is 5.91 Å². The summed E-state index contributed by atoms with van der Waals surface area (Å²) in [5.74, 6) is 0.0781. The third kappa shape index (κ3) is 2.52. The Hall–Kier alpha value is -1.35. The van der Waals surface area contributed by atoms with E-state index in [0.717, 1.165) is 44.3 Å². The number of carbonyl (C=O) groups excluding carboxylic acids is 1. The maximum absolute atomic E-state index is 12.4. The van der Waals surface area contributed by atoms with Crippen molar-refractivity contribution in [1.29, 1.82) is 0 Å². The van der Waals surface area contributed by atoms with Crippen LogP contribution in [0.25, 0.3) is 0 Å². The molecule has 0 saturated heterocycles. The highest BCUT2D eigenvalue weighted by atomic mass is 16.3. The molecule has 0 bridgehead atoms. The first-order valence-corrected chi connectivity index (χ1v) is 7.29. The van der Waals surface area contributed by atoms with Crippen LogP contribution in [0, 0.1) is 0 Å². The van der Waals surface area contributed by atoms with Gasteiger partial charge in [-0.15, -0.1) is 0 Å². The number of amides is 1. The normalized spacial score (nSPS) is 21.2. The average Bonchev–Trinajstić information content (AvgIpc) is 2.83. The third-order valence-electron chi connectivity index (χ3n) is 4.45. The molecule has 0 spiro atoms. The van der Waals surface area contributed by atoms with Gasteiger partial charge < -0.3 is 10.0 Å². The summed E-state index contributed by atoms with van der Waals surface area (Å²) >= 11 is 0. The van der Waals surface area contributed by atoms with Gasteiger partial charge in [0, 0.05) is 12.2 Å². The number of nitrogens with zero attached hydrogens (tertiary/aromatic N) is 1. The molecule has 1 saturated carbocycles. The van der Waals surface area contributed by atoms with Crippen molar-refractivity contribution in [1.82, 2.24) is 0 Å². The Labute approximate surface area is 114 Å². The van der Waals surface area contributed by atoms with Gasteiger partial charge in [-0.2, -0.15) is 0 Å². The fourth-order valence-corrected chi connectivity index (χ4v) is 3.36. The summed E-state index contributed by atoms with van der Waals surface area (Å²) < 4.78 is 0. The zero-order chi connectivity index (χ0) is 13.3. The number of rotatable bonds is 2. The molecule has 1 aliphatic heterocycles. The second-order valence-corrected chi connectivity index (χ2v) is 5.89. The lowest BCUT2D eigenvalue weighted by Crippen LogP contribution is -2.40. The number of fused-ring (bicyclic) bond motifs is 1. The smallest absolute Gasteiger partial charge is 0.229 e. The van der Waals surface area contributed by atoms with Gasteiger partial charge in [0.05, 0.1) is 12.0 Å². The minimum absolute atomic E-state index is 0.0781. The Morgan fingerprint density at radius 1 is 1.21 bits per heavy atom. The fourth-order valence-electron chi connectivity index (χ4n) is 3.36. The first kappa shape index (κ1) is 12.7. The largest absolute Gasteiger partial charge is 0.389 e. The van der Waals surface area contributed by atoms with Crippen LogP contribution in [0.2, 0.25) is 0 Å². The molecule has 0 radical (unpaired) electrons. The van der Waals surface area contributed by atoms with Gasteiger partial charge in [-0.1, -0.05) is 37.5 Å². The van der Waals surface area contributed by atoms with Crippen LogP contribution in [-0.2, 0) is 11.2 Å². The van der Waals surface area contributed by atoms with Gasteiger partial charge in [0.1, 0.15) is 0 Å². The summed E-state index contributed by atoms with van der Waals surface area (Å²) in [7, 11) is 0. The van der Waals surface area contributed by atoms with Crippen molar-refractivity contribution in [3.05, 3.63) is 29.8 Å². The SMILES string of the molecule is O=C(CC1(O)CCCCC1)N1CCc2ccccc21. The molecule has 1 N–H and O–H groups in total. The van der Waals surface area contributed by atoms with Crippen molar-refractivity contribution in [2.45, 2.75) is 50.5 Å². The van der Waals surface area contributed by atoms with Gasteiger partial charge in [-0.25, -0.2) is 0 Å². The van der Waals surface area contributed by atoms with E-state index in [1.165, 1.54) is 12.0 Å².